The fourth-order valence-corrected chi connectivity index (χ4v) is 3.89. The van der Waals surface area contributed by atoms with Gasteiger partial charge in [-0.1, -0.05) is 23.7 Å². The molecule has 1 atom stereocenters. The van der Waals surface area contributed by atoms with Crippen LogP contribution < -0.4 is 4.74 Å². The van der Waals surface area contributed by atoms with Crippen molar-refractivity contribution < 1.29 is 9.53 Å². The van der Waals surface area contributed by atoms with Gasteiger partial charge in [0, 0.05) is 23.0 Å². The zero-order valence-corrected chi connectivity index (χ0v) is 17.8. The summed E-state index contributed by atoms with van der Waals surface area (Å²) in [5.74, 6) is 0.867. The van der Waals surface area contributed by atoms with Crippen LogP contribution in [0.4, 0.5) is 0 Å². The number of aromatic nitrogens is 1. The monoisotopic (exact) mass is 414 g/mol. The first kappa shape index (κ1) is 20.4. The number of halogens is 1. The first-order valence-corrected chi connectivity index (χ1v) is 10.4. The van der Waals surface area contributed by atoms with Gasteiger partial charge in [0.1, 0.15) is 10.8 Å². The van der Waals surface area contributed by atoms with E-state index in [0.717, 1.165) is 27.6 Å². The van der Waals surface area contributed by atoms with Crippen LogP contribution in [0.15, 0.2) is 53.9 Å². The zero-order valence-electron chi connectivity index (χ0n) is 16.2. The number of likely N-dealkylation sites (N-methyl/N-ethyl adjacent to an activating group) is 1. The largest absolute Gasteiger partial charge is 0.494 e. The quantitative estimate of drug-likeness (QED) is 0.503. The Morgan fingerprint density at radius 2 is 2.00 bits per heavy atom. The second kappa shape index (κ2) is 9.22. The Kier molecular flexibility index (Phi) is 6.70. The predicted molar refractivity (Wildman–Crippen MR) is 115 cm³/mol. The van der Waals surface area contributed by atoms with Crippen LogP contribution in [0.1, 0.15) is 31.1 Å². The number of ether oxygens (including phenoxy) is 1. The zero-order chi connectivity index (χ0) is 20.1. The summed E-state index contributed by atoms with van der Waals surface area (Å²) >= 11 is 7.61. The molecule has 0 saturated heterocycles. The van der Waals surface area contributed by atoms with E-state index in [4.69, 9.17) is 16.3 Å². The van der Waals surface area contributed by atoms with E-state index in [1.165, 1.54) is 0 Å². The van der Waals surface area contributed by atoms with Crippen molar-refractivity contribution in [1.82, 2.24) is 9.88 Å². The third kappa shape index (κ3) is 4.91. The fourth-order valence-electron chi connectivity index (χ4n) is 2.87. The third-order valence-electron chi connectivity index (χ3n) is 4.60. The van der Waals surface area contributed by atoms with Crippen LogP contribution in [0.2, 0.25) is 5.02 Å². The minimum Gasteiger partial charge on any atom is -0.494 e. The van der Waals surface area contributed by atoms with Gasteiger partial charge in [0.25, 0.3) is 0 Å². The molecule has 1 aromatic heterocycles. The van der Waals surface area contributed by atoms with Gasteiger partial charge in [0.05, 0.1) is 24.8 Å². The Morgan fingerprint density at radius 1 is 1.25 bits per heavy atom. The van der Waals surface area contributed by atoms with E-state index in [-0.39, 0.29) is 18.4 Å². The average molecular weight is 415 g/mol. The van der Waals surface area contributed by atoms with Crippen LogP contribution in [0, 0.1) is 0 Å². The highest BCUT2D eigenvalue weighted by atomic mass is 35.5. The van der Waals surface area contributed by atoms with Crippen LogP contribution in [-0.2, 0) is 11.2 Å². The molecule has 3 rings (SSSR count). The number of rotatable bonds is 7. The first-order valence-electron chi connectivity index (χ1n) is 9.16. The Hall–Kier alpha value is -2.37. The average Bonchev–Trinajstić information content (AvgIpc) is 3.16. The van der Waals surface area contributed by atoms with E-state index < -0.39 is 0 Å². The van der Waals surface area contributed by atoms with Crippen LogP contribution in [0.3, 0.4) is 0 Å². The Bertz CT molecular complexity index is 940. The molecule has 1 unspecified atom stereocenters. The number of amides is 1. The maximum absolute atomic E-state index is 12.7. The van der Waals surface area contributed by atoms with Crippen molar-refractivity contribution in [3.8, 4) is 16.3 Å². The smallest absolute Gasteiger partial charge is 0.228 e. The first-order chi connectivity index (χ1) is 13.5. The molecule has 0 aliphatic rings. The molecule has 0 spiro atoms. The molecule has 0 aliphatic carbocycles. The molecule has 1 amide bonds. The topological polar surface area (TPSA) is 42.4 Å². The minimum absolute atomic E-state index is 0.0241. The SMILES string of the molecule is CCOc1ccc(-c2nc(CC(=O)N(C)C(C)c3cccc(Cl)c3)cs2)cc1. The summed E-state index contributed by atoms with van der Waals surface area (Å²) in [6, 6.07) is 15.4. The lowest BCUT2D eigenvalue weighted by Crippen LogP contribution is -2.31. The minimum atomic E-state index is -0.0598. The predicted octanol–water partition coefficient (Wildman–Crippen LogP) is 5.62. The van der Waals surface area contributed by atoms with Crippen molar-refractivity contribution in [3.63, 3.8) is 0 Å². The number of hydrogen-bond donors (Lipinski definition) is 0. The molecule has 2 aromatic carbocycles. The summed E-state index contributed by atoms with van der Waals surface area (Å²) < 4.78 is 5.47. The van der Waals surface area contributed by atoms with Gasteiger partial charge in [0.15, 0.2) is 0 Å². The molecule has 1 heterocycles. The second-order valence-electron chi connectivity index (χ2n) is 6.51. The lowest BCUT2D eigenvalue weighted by Gasteiger charge is -2.25. The number of hydrogen-bond acceptors (Lipinski definition) is 4. The number of benzene rings is 2. The molecule has 4 nitrogen and oxygen atoms in total. The van der Waals surface area contributed by atoms with Crippen LogP contribution >= 0.6 is 22.9 Å². The van der Waals surface area contributed by atoms with Gasteiger partial charge in [-0.3, -0.25) is 4.79 Å². The molecule has 28 heavy (non-hydrogen) atoms. The summed E-state index contributed by atoms with van der Waals surface area (Å²) in [6.45, 7) is 4.60. The van der Waals surface area contributed by atoms with Crippen molar-refractivity contribution in [2.75, 3.05) is 13.7 Å². The molecular formula is C22H23ClN2O2S. The number of thiazole rings is 1. The molecule has 6 heteroatoms. The van der Waals surface area contributed by atoms with E-state index in [1.807, 2.05) is 74.8 Å². The van der Waals surface area contributed by atoms with Crippen molar-refractivity contribution in [2.24, 2.45) is 0 Å². The standard InChI is InChI=1S/C22H23ClN2O2S/c1-4-27-20-10-8-16(9-11-20)22-24-19(14-28-22)13-21(26)25(3)15(2)17-6-5-7-18(23)12-17/h5-12,14-15H,4,13H2,1-3H3. The van der Waals surface area contributed by atoms with Gasteiger partial charge >= 0.3 is 0 Å². The van der Waals surface area contributed by atoms with E-state index in [2.05, 4.69) is 4.98 Å². The van der Waals surface area contributed by atoms with Crippen LogP contribution in [0.5, 0.6) is 5.75 Å². The molecule has 0 saturated carbocycles. The summed E-state index contributed by atoms with van der Waals surface area (Å²) in [4.78, 5) is 19.1. The molecule has 0 fully saturated rings. The number of carbonyl (C=O) groups excluding carboxylic acids is 1. The van der Waals surface area contributed by atoms with Crippen molar-refractivity contribution in [1.29, 1.82) is 0 Å². The molecular weight excluding hydrogens is 392 g/mol. The van der Waals surface area contributed by atoms with E-state index >= 15 is 0 Å². The lowest BCUT2D eigenvalue weighted by atomic mass is 10.1. The summed E-state index contributed by atoms with van der Waals surface area (Å²) in [6.07, 6.45) is 0.273. The molecule has 0 aliphatic heterocycles. The van der Waals surface area contributed by atoms with Gasteiger partial charge in [-0.25, -0.2) is 4.98 Å². The summed E-state index contributed by atoms with van der Waals surface area (Å²) in [7, 11) is 1.81. The molecule has 146 valence electrons. The van der Waals surface area contributed by atoms with Gasteiger partial charge in [-0.15, -0.1) is 11.3 Å². The maximum Gasteiger partial charge on any atom is 0.228 e. The normalized spacial score (nSPS) is 11.9. The van der Waals surface area contributed by atoms with Crippen molar-refractivity contribution in [3.05, 3.63) is 70.2 Å². The molecule has 3 aromatic rings. The fraction of sp³-hybridized carbons (Fsp3) is 0.273. The van der Waals surface area contributed by atoms with Gasteiger partial charge in [-0.05, 0) is 55.8 Å². The Morgan fingerprint density at radius 3 is 2.68 bits per heavy atom. The van der Waals surface area contributed by atoms with Crippen LogP contribution in [-0.4, -0.2) is 29.4 Å². The number of nitrogens with zero attached hydrogens (tertiary/aromatic N) is 2. The van der Waals surface area contributed by atoms with E-state index in [0.29, 0.717) is 11.6 Å². The van der Waals surface area contributed by atoms with Gasteiger partial charge < -0.3 is 9.64 Å². The number of carbonyl (C=O) groups is 1. The lowest BCUT2D eigenvalue weighted by molar-refractivity contribution is -0.131. The molecule has 0 radical (unpaired) electrons. The van der Waals surface area contributed by atoms with Gasteiger partial charge in [-0.2, -0.15) is 0 Å². The van der Waals surface area contributed by atoms with Gasteiger partial charge in [0.2, 0.25) is 5.91 Å². The van der Waals surface area contributed by atoms with Crippen LogP contribution in [0.25, 0.3) is 10.6 Å². The van der Waals surface area contributed by atoms with E-state index in [9.17, 15) is 4.79 Å². The highest BCUT2D eigenvalue weighted by molar-refractivity contribution is 7.13. The third-order valence-corrected chi connectivity index (χ3v) is 5.78. The summed E-state index contributed by atoms with van der Waals surface area (Å²) in [5.41, 5.74) is 2.81. The summed E-state index contributed by atoms with van der Waals surface area (Å²) in [5, 5.41) is 3.52. The van der Waals surface area contributed by atoms with Crippen molar-refractivity contribution in [2.45, 2.75) is 26.3 Å². The maximum atomic E-state index is 12.7. The Labute approximate surface area is 174 Å². The van der Waals surface area contributed by atoms with Crippen molar-refractivity contribution >= 4 is 28.8 Å². The molecule has 0 bridgehead atoms. The highest BCUT2D eigenvalue weighted by Crippen LogP contribution is 2.27. The molecule has 0 N–H and O–H groups in total. The highest BCUT2D eigenvalue weighted by Gasteiger charge is 2.19. The van der Waals surface area contributed by atoms with E-state index in [1.54, 1.807) is 16.2 Å². The Balaban J connectivity index is 1.66. The second-order valence-corrected chi connectivity index (χ2v) is 7.81.